The zero-order chi connectivity index (χ0) is 19.6. The number of hydrogen-bond donors (Lipinski definition) is 2. The summed E-state index contributed by atoms with van der Waals surface area (Å²) in [7, 11) is 0. The second-order valence-electron chi connectivity index (χ2n) is 5.30. The molecule has 1 aromatic carbocycles. The number of halogens is 3. The van der Waals surface area contributed by atoms with Crippen LogP contribution in [0.15, 0.2) is 24.3 Å². The summed E-state index contributed by atoms with van der Waals surface area (Å²) >= 11 is 0. The normalized spacial score (nSPS) is 19.5. The van der Waals surface area contributed by atoms with Crippen LogP contribution < -0.4 is 5.32 Å². The third-order valence-electron chi connectivity index (χ3n) is 3.59. The molecule has 0 aliphatic carbocycles. The van der Waals surface area contributed by atoms with Gasteiger partial charge in [-0.05, 0) is 18.6 Å². The Bertz CT molecular complexity index is 770. The Hall–Kier alpha value is -3.24. The SMILES string of the molecule is O=C(O)C(F)(F)F.O=C1CC[C@H](N2C(=O)c3ccccc3C2=O)C(=O)N1. The highest BCUT2D eigenvalue weighted by atomic mass is 19.4. The number of hydrogen-bond acceptors (Lipinski definition) is 5. The van der Waals surface area contributed by atoms with Gasteiger partial charge in [0, 0.05) is 6.42 Å². The Morgan fingerprint density at radius 1 is 1.08 bits per heavy atom. The van der Waals surface area contributed by atoms with Gasteiger partial charge in [-0.25, -0.2) is 4.79 Å². The van der Waals surface area contributed by atoms with Gasteiger partial charge in [0.15, 0.2) is 0 Å². The third kappa shape index (κ3) is 3.71. The third-order valence-corrected chi connectivity index (χ3v) is 3.59. The van der Waals surface area contributed by atoms with Gasteiger partial charge in [-0.15, -0.1) is 0 Å². The molecule has 2 aliphatic rings. The van der Waals surface area contributed by atoms with Crippen molar-refractivity contribution in [1.82, 2.24) is 10.2 Å². The summed E-state index contributed by atoms with van der Waals surface area (Å²) in [6.07, 6.45) is -4.78. The Morgan fingerprint density at radius 2 is 1.54 bits per heavy atom. The van der Waals surface area contributed by atoms with Crippen LogP contribution in [-0.4, -0.2) is 51.8 Å². The number of carboxylic acid groups (broad SMARTS) is 1. The molecular formula is C15H11F3N2O6. The van der Waals surface area contributed by atoms with Crippen LogP contribution in [0.1, 0.15) is 33.6 Å². The maximum Gasteiger partial charge on any atom is 0.490 e. The number of nitrogens with one attached hydrogen (secondary N) is 1. The number of aliphatic carboxylic acids is 1. The average molecular weight is 372 g/mol. The molecule has 0 unspecified atom stereocenters. The number of nitrogens with zero attached hydrogens (tertiary/aromatic N) is 1. The first-order valence-corrected chi connectivity index (χ1v) is 7.14. The van der Waals surface area contributed by atoms with Crippen LogP contribution in [0.3, 0.4) is 0 Å². The first-order valence-electron chi connectivity index (χ1n) is 7.14. The topological polar surface area (TPSA) is 121 Å². The molecule has 2 N–H and O–H groups in total. The predicted octanol–water partition coefficient (Wildman–Crippen LogP) is 0.721. The smallest absolute Gasteiger partial charge is 0.475 e. The largest absolute Gasteiger partial charge is 0.490 e. The lowest BCUT2D eigenvalue weighted by Crippen LogP contribution is -2.54. The Morgan fingerprint density at radius 3 is 1.92 bits per heavy atom. The van der Waals surface area contributed by atoms with Crippen LogP contribution in [-0.2, 0) is 14.4 Å². The number of amides is 4. The van der Waals surface area contributed by atoms with Gasteiger partial charge >= 0.3 is 12.1 Å². The fraction of sp³-hybridized carbons (Fsp3) is 0.267. The molecule has 0 radical (unpaired) electrons. The molecule has 8 nitrogen and oxygen atoms in total. The van der Waals surface area contributed by atoms with E-state index >= 15 is 0 Å². The van der Waals surface area contributed by atoms with E-state index in [0.717, 1.165) is 4.90 Å². The summed E-state index contributed by atoms with van der Waals surface area (Å²) in [5.74, 6) is -4.68. The van der Waals surface area contributed by atoms with Crippen molar-refractivity contribution in [2.24, 2.45) is 0 Å². The fourth-order valence-corrected chi connectivity index (χ4v) is 2.42. The Labute approximate surface area is 143 Å². The van der Waals surface area contributed by atoms with Gasteiger partial charge in [0.25, 0.3) is 11.8 Å². The quantitative estimate of drug-likeness (QED) is 0.701. The molecule has 0 saturated carbocycles. The van der Waals surface area contributed by atoms with Crippen molar-refractivity contribution in [3.05, 3.63) is 35.4 Å². The van der Waals surface area contributed by atoms with E-state index in [1.807, 2.05) is 0 Å². The molecule has 26 heavy (non-hydrogen) atoms. The van der Waals surface area contributed by atoms with E-state index < -0.39 is 35.9 Å². The van der Waals surface area contributed by atoms with E-state index in [1.54, 1.807) is 24.3 Å². The molecule has 138 valence electrons. The molecule has 0 bridgehead atoms. The molecule has 11 heteroatoms. The number of carbonyl (C=O) groups excluding carboxylic acids is 4. The van der Waals surface area contributed by atoms with E-state index in [9.17, 15) is 32.3 Å². The molecule has 3 rings (SSSR count). The molecule has 1 saturated heterocycles. The lowest BCUT2D eigenvalue weighted by atomic mass is 10.0. The molecule has 1 aromatic rings. The molecule has 1 atom stereocenters. The maximum atomic E-state index is 12.2. The first-order chi connectivity index (χ1) is 12.0. The Kier molecular flexibility index (Phi) is 5.10. The first kappa shape index (κ1) is 19.1. The highest BCUT2D eigenvalue weighted by Gasteiger charge is 2.44. The molecule has 2 aliphatic heterocycles. The Balaban J connectivity index is 0.000000298. The predicted molar refractivity (Wildman–Crippen MR) is 76.8 cm³/mol. The summed E-state index contributed by atoms with van der Waals surface area (Å²) in [5.41, 5.74) is 0.606. The molecule has 0 spiro atoms. The van der Waals surface area contributed by atoms with Gasteiger partial charge < -0.3 is 5.11 Å². The number of alkyl halides is 3. The lowest BCUT2D eigenvalue weighted by Gasteiger charge is -2.27. The second kappa shape index (κ2) is 6.94. The number of carbonyl (C=O) groups is 5. The van der Waals surface area contributed by atoms with E-state index in [0.29, 0.717) is 11.1 Å². The van der Waals surface area contributed by atoms with Crippen LogP contribution in [0.5, 0.6) is 0 Å². The van der Waals surface area contributed by atoms with Crippen LogP contribution >= 0.6 is 0 Å². The van der Waals surface area contributed by atoms with Crippen molar-refractivity contribution in [2.75, 3.05) is 0 Å². The highest BCUT2D eigenvalue weighted by Crippen LogP contribution is 2.27. The monoisotopic (exact) mass is 372 g/mol. The summed E-state index contributed by atoms with van der Waals surface area (Å²) in [4.78, 5) is 57.0. The number of carboxylic acids is 1. The lowest BCUT2D eigenvalue weighted by molar-refractivity contribution is -0.192. The number of imide groups is 2. The number of rotatable bonds is 1. The molecule has 4 amide bonds. The van der Waals surface area contributed by atoms with Gasteiger partial charge in [-0.2, -0.15) is 13.2 Å². The average Bonchev–Trinajstić information content (AvgIpc) is 2.80. The summed E-state index contributed by atoms with van der Waals surface area (Å²) < 4.78 is 31.7. The minimum atomic E-state index is -5.08. The van der Waals surface area contributed by atoms with E-state index in [4.69, 9.17) is 9.90 Å². The van der Waals surface area contributed by atoms with Gasteiger partial charge in [0.1, 0.15) is 6.04 Å². The van der Waals surface area contributed by atoms with Crippen molar-refractivity contribution in [2.45, 2.75) is 25.1 Å². The second-order valence-corrected chi connectivity index (χ2v) is 5.30. The number of fused-ring (bicyclic) bond motifs is 1. The van der Waals surface area contributed by atoms with E-state index in [2.05, 4.69) is 5.32 Å². The highest BCUT2D eigenvalue weighted by molar-refractivity contribution is 6.23. The van der Waals surface area contributed by atoms with Crippen molar-refractivity contribution in [1.29, 1.82) is 0 Å². The van der Waals surface area contributed by atoms with Crippen LogP contribution in [0, 0.1) is 0 Å². The van der Waals surface area contributed by atoms with Crippen molar-refractivity contribution >= 4 is 29.6 Å². The molecule has 1 fully saturated rings. The van der Waals surface area contributed by atoms with Crippen molar-refractivity contribution in [3.63, 3.8) is 0 Å². The molecular weight excluding hydrogens is 361 g/mol. The minimum absolute atomic E-state index is 0.129. The number of piperidine rings is 1. The maximum absolute atomic E-state index is 12.2. The zero-order valence-electron chi connectivity index (χ0n) is 12.9. The van der Waals surface area contributed by atoms with Gasteiger partial charge in [-0.1, -0.05) is 12.1 Å². The summed E-state index contributed by atoms with van der Waals surface area (Å²) in [6, 6.07) is 5.55. The van der Waals surface area contributed by atoms with Gasteiger partial charge in [0.05, 0.1) is 11.1 Å². The van der Waals surface area contributed by atoms with E-state index in [1.165, 1.54) is 0 Å². The zero-order valence-corrected chi connectivity index (χ0v) is 12.9. The standard InChI is InChI=1S/C13H10N2O4.C2HF3O2/c16-10-6-5-9(11(17)14-10)15-12(18)7-3-1-2-4-8(7)13(15)19;3-2(4,5)1(6)7/h1-4,9H,5-6H2,(H,14,16,17);(H,6,7)/t9-;/m0./s1. The van der Waals surface area contributed by atoms with Crippen LogP contribution in [0.4, 0.5) is 13.2 Å². The van der Waals surface area contributed by atoms with Crippen molar-refractivity contribution < 1.29 is 42.3 Å². The van der Waals surface area contributed by atoms with Crippen molar-refractivity contribution in [3.8, 4) is 0 Å². The van der Waals surface area contributed by atoms with E-state index in [-0.39, 0.29) is 18.7 Å². The van der Waals surface area contributed by atoms with Gasteiger partial charge in [0.2, 0.25) is 11.8 Å². The minimum Gasteiger partial charge on any atom is -0.475 e. The molecule has 2 heterocycles. The van der Waals surface area contributed by atoms with Gasteiger partial charge in [-0.3, -0.25) is 29.4 Å². The summed E-state index contributed by atoms with van der Waals surface area (Å²) in [6.45, 7) is 0. The van der Waals surface area contributed by atoms with Crippen LogP contribution in [0.25, 0.3) is 0 Å². The fourth-order valence-electron chi connectivity index (χ4n) is 2.42. The number of benzene rings is 1. The molecule has 0 aromatic heterocycles. The summed E-state index contributed by atoms with van der Waals surface area (Å²) in [5, 5.41) is 9.28. The van der Waals surface area contributed by atoms with Crippen LogP contribution in [0.2, 0.25) is 0 Å².